The molecule has 0 heterocycles. The van der Waals surface area contributed by atoms with E-state index in [1.54, 1.807) is 7.05 Å². The van der Waals surface area contributed by atoms with Gasteiger partial charge in [-0.25, -0.2) is 5.48 Å². The number of hydrogen-bond donors (Lipinski definition) is 1. The molecule has 0 atom stereocenters. The molecule has 1 aromatic carbocycles. The molecule has 0 saturated heterocycles. The highest BCUT2D eigenvalue weighted by atomic mass is 79.9. The molecule has 0 spiro atoms. The summed E-state index contributed by atoms with van der Waals surface area (Å²) in [6, 6.07) is 8.36. The number of aryl methyl sites for hydroxylation is 1. The molecule has 2 nitrogen and oxygen atoms in total. The van der Waals surface area contributed by atoms with Crippen LogP contribution >= 0.6 is 15.9 Å². The summed E-state index contributed by atoms with van der Waals surface area (Å²) in [6.07, 6.45) is 2.10. The molecule has 0 unspecified atom stereocenters. The molecule has 3 heteroatoms. The predicted molar refractivity (Wildman–Crippen MR) is 57.5 cm³/mol. The highest BCUT2D eigenvalue weighted by Gasteiger charge is 1.93. The lowest BCUT2D eigenvalue weighted by molar-refractivity contribution is 0.0564. The highest BCUT2D eigenvalue weighted by Crippen LogP contribution is 2.12. The van der Waals surface area contributed by atoms with Crippen molar-refractivity contribution < 1.29 is 4.84 Å². The molecule has 1 rings (SSSR count). The second-order valence-corrected chi connectivity index (χ2v) is 3.70. The lowest BCUT2D eigenvalue weighted by Crippen LogP contribution is -2.08. The largest absolute Gasteiger partial charge is 0.302 e. The first-order chi connectivity index (χ1) is 6.33. The van der Waals surface area contributed by atoms with Gasteiger partial charge in [-0.3, -0.25) is 0 Å². The van der Waals surface area contributed by atoms with E-state index < -0.39 is 0 Å². The van der Waals surface area contributed by atoms with E-state index in [0.717, 1.165) is 23.9 Å². The van der Waals surface area contributed by atoms with Crippen LogP contribution in [0.1, 0.15) is 12.0 Å². The van der Waals surface area contributed by atoms with Gasteiger partial charge in [0.1, 0.15) is 0 Å². The van der Waals surface area contributed by atoms with E-state index in [1.807, 2.05) is 6.07 Å². The molecule has 0 bridgehead atoms. The van der Waals surface area contributed by atoms with E-state index in [4.69, 9.17) is 4.84 Å². The number of hydroxylamine groups is 1. The lowest BCUT2D eigenvalue weighted by Gasteiger charge is -2.02. The summed E-state index contributed by atoms with van der Waals surface area (Å²) in [7, 11) is 1.78. The van der Waals surface area contributed by atoms with Crippen LogP contribution in [0, 0.1) is 0 Å². The van der Waals surface area contributed by atoms with E-state index in [0.29, 0.717) is 0 Å². The van der Waals surface area contributed by atoms with Crippen molar-refractivity contribution in [2.24, 2.45) is 0 Å². The van der Waals surface area contributed by atoms with Gasteiger partial charge in [-0.15, -0.1) is 0 Å². The smallest absolute Gasteiger partial charge is 0.0685 e. The number of nitrogens with one attached hydrogen (secondary N) is 1. The Hall–Kier alpha value is -0.380. The second-order valence-electron chi connectivity index (χ2n) is 2.79. The minimum Gasteiger partial charge on any atom is -0.302 e. The number of halogens is 1. The number of hydrogen-bond acceptors (Lipinski definition) is 2. The summed E-state index contributed by atoms with van der Waals surface area (Å²) in [6.45, 7) is 0.753. The molecule has 1 N–H and O–H groups in total. The summed E-state index contributed by atoms with van der Waals surface area (Å²) >= 11 is 3.44. The van der Waals surface area contributed by atoms with Crippen molar-refractivity contribution >= 4 is 15.9 Å². The molecule has 0 aliphatic heterocycles. The van der Waals surface area contributed by atoms with Crippen LogP contribution in [0.2, 0.25) is 0 Å². The van der Waals surface area contributed by atoms with Gasteiger partial charge in [0.15, 0.2) is 0 Å². The van der Waals surface area contributed by atoms with E-state index in [9.17, 15) is 0 Å². The fourth-order valence-electron chi connectivity index (χ4n) is 1.14. The van der Waals surface area contributed by atoms with Crippen molar-refractivity contribution in [1.82, 2.24) is 5.48 Å². The maximum Gasteiger partial charge on any atom is 0.0685 e. The van der Waals surface area contributed by atoms with E-state index >= 15 is 0 Å². The number of rotatable bonds is 5. The van der Waals surface area contributed by atoms with Gasteiger partial charge in [0.2, 0.25) is 0 Å². The highest BCUT2D eigenvalue weighted by molar-refractivity contribution is 9.10. The topological polar surface area (TPSA) is 21.3 Å². The van der Waals surface area contributed by atoms with E-state index in [2.05, 4.69) is 39.6 Å². The Labute approximate surface area is 87.4 Å². The second kappa shape index (κ2) is 6.13. The van der Waals surface area contributed by atoms with E-state index in [1.165, 1.54) is 5.56 Å². The first-order valence-corrected chi connectivity index (χ1v) is 5.15. The third kappa shape index (κ3) is 4.41. The average molecular weight is 244 g/mol. The zero-order valence-electron chi connectivity index (χ0n) is 7.72. The van der Waals surface area contributed by atoms with Gasteiger partial charge in [0.25, 0.3) is 0 Å². The molecule has 0 amide bonds. The van der Waals surface area contributed by atoms with Gasteiger partial charge in [0, 0.05) is 11.5 Å². The Morgan fingerprint density at radius 1 is 1.46 bits per heavy atom. The maximum absolute atomic E-state index is 5.02. The summed E-state index contributed by atoms with van der Waals surface area (Å²) < 4.78 is 1.14. The molecule has 0 aliphatic carbocycles. The van der Waals surface area contributed by atoms with Gasteiger partial charge in [-0.2, -0.15) is 0 Å². The average Bonchev–Trinajstić information content (AvgIpc) is 2.13. The molecule has 0 radical (unpaired) electrons. The van der Waals surface area contributed by atoms with Crippen molar-refractivity contribution in [3.05, 3.63) is 34.3 Å². The SMILES string of the molecule is CNOCCCc1cccc(Br)c1. The zero-order chi connectivity index (χ0) is 9.52. The van der Waals surface area contributed by atoms with Crippen molar-refractivity contribution in [3.63, 3.8) is 0 Å². The van der Waals surface area contributed by atoms with Gasteiger partial charge >= 0.3 is 0 Å². The van der Waals surface area contributed by atoms with Crippen LogP contribution < -0.4 is 5.48 Å². The van der Waals surface area contributed by atoms with Crippen molar-refractivity contribution in [1.29, 1.82) is 0 Å². The predicted octanol–water partition coefficient (Wildman–Crippen LogP) is 2.53. The first-order valence-electron chi connectivity index (χ1n) is 4.36. The molecule has 13 heavy (non-hydrogen) atoms. The van der Waals surface area contributed by atoms with Crippen molar-refractivity contribution in [2.75, 3.05) is 13.7 Å². The zero-order valence-corrected chi connectivity index (χ0v) is 9.30. The standard InChI is InChI=1S/C10H14BrNO/c1-12-13-7-3-5-9-4-2-6-10(11)8-9/h2,4,6,8,12H,3,5,7H2,1H3. The van der Waals surface area contributed by atoms with Crippen molar-refractivity contribution in [3.8, 4) is 0 Å². The third-order valence-electron chi connectivity index (χ3n) is 1.75. The Morgan fingerprint density at radius 3 is 3.00 bits per heavy atom. The van der Waals surface area contributed by atoms with Gasteiger partial charge in [0.05, 0.1) is 6.61 Å². The molecular weight excluding hydrogens is 230 g/mol. The summed E-state index contributed by atoms with van der Waals surface area (Å²) in [5.74, 6) is 0. The molecular formula is C10H14BrNO. The van der Waals surface area contributed by atoms with Crippen LogP contribution in [0.25, 0.3) is 0 Å². The number of benzene rings is 1. The Bertz CT molecular complexity index is 252. The van der Waals surface area contributed by atoms with Crippen LogP contribution in [0.3, 0.4) is 0 Å². The summed E-state index contributed by atoms with van der Waals surface area (Å²) in [5, 5.41) is 0. The fraction of sp³-hybridized carbons (Fsp3) is 0.400. The van der Waals surface area contributed by atoms with Gasteiger partial charge in [-0.1, -0.05) is 28.1 Å². The van der Waals surface area contributed by atoms with Gasteiger partial charge < -0.3 is 4.84 Å². The monoisotopic (exact) mass is 243 g/mol. The maximum atomic E-state index is 5.02. The first kappa shape index (κ1) is 10.7. The van der Waals surface area contributed by atoms with Crippen LogP contribution in [0.5, 0.6) is 0 Å². The molecule has 0 saturated carbocycles. The van der Waals surface area contributed by atoms with Crippen LogP contribution in [0.4, 0.5) is 0 Å². The van der Waals surface area contributed by atoms with Gasteiger partial charge in [-0.05, 0) is 30.5 Å². The summed E-state index contributed by atoms with van der Waals surface area (Å²) in [5.41, 5.74) is 4.00. The quantitative estimate of drug-likeness (QED) is 0.634. The Kier molecular flexibility index (Phi) is 5.05. The van der Waals surface area contributed by atoms with E-state index in [-0.39, 0.29) is 0 Å². The molecule has 72 valence electrons. The van der Waals surface area contributed by atoms with Crippen molar-refractivity contribution in [2.45, 2.75) is 12.8 Å². The minimum absolute atomic E-state index is 0.753. The minimum atomic E-state index is 0.753. The Morgan fingerprint density at radius 2 is 2.31 bits per heavy atom. The van der Waals surface area contributed by atoms with Crippen LogP contribution in [0.15, 0.2) is 28.7 Å². The normalized spacial score (nSPS) is 10.3. The Balaban J connectivity index is 2.28. The molecule has 0 aliphatic rings. The molecule has 1 aromatic rings. The van der Waals surface area contributed by atoms with Crippen LogP contribution in [-0.4, -0.2) is 13.7 Å². The lowest BCUT2D eigenvalue weighted by atomic mass is 10.1. The summed E-state index contributed by atoms with van der Waals surface area (Å²) in [4.78, 5) is 5.02. The fourth-order valence-corrected chi connectivity index (χ4v) is 1.59. The molecule has 0 aromatic heterocycles. The molecule has 0 fully saturated rings. The third-order valence-corrected chi connectivity index (χ3v) is 2.24. The van der Waals surface area contributed by atoms with Crippen LogP contribution in [-0.2, 0) is 11.3 Å².